The number of halogens is 1. The highest BCUT2D eigenvalue weighted by atomic mass is 19.1. The van der Waals surface area contributed by atoms with E-state index >= 15 is 0 Å². The largest absolute Gasteiger partial charge is 0.389 e. The maximum atomic E-state index is 14.6. The third kappa shape index (κ3) is 4.19. The zero-order valence-electron chi connectivity index (χ0n) is 19.6. The summed E-state index contributed by atoms with van der Waals surface area (Å²) in [4.78, 5) is 45.1. The number of aromatic amines is 1. The SMILES string of the molecule is CN1CCC(Cc2ccccc2F)(C(=O)N2C[C@H](O)[C@@H](n3c(=O)[nH]c(=O)c4ccccc43)C2)CC1. The van der Waals surface area contributed by atoms with Crippen LogP contribution in [0.25, 0.3) is 10.9 Å². The van der Waals surface area contributed by atoms with Gasteiger partial charge in [0, 0.05) is 13.1 Å². The molecule has 0 unspecified atom stereocenters. The lowest BCUT2D eigenvalue weighted by Crippen LogP contribution is -2.50. The van der Waals surface area contributed by atoms with Gasteiger partial charge in [-0.25, -0.2) is 9.18 Å². The zero-order chi connectivity index (χ0) is 24.7. The molecule has 0 spiro atoms. The molecule has 0 saturated carbocycles. The van der Waals surface area contributed by atoms with Crippen LogP contribution in [0.3, 0.4) is 0 Å². The van der Waals surface area contributed by atoms with Crippen molar-refractivity contribution in [3.05, 3.63) is 80.7 Å². The summed E-state index contributed by atoms with van der Waals surface area (Å²) in [5, 5.41) is 11.3. The first-order valence-corrected chi connectivity index (χ1v) is 11.9. The average molecular weight is 481 g/mol. The maximum Gasteiger partial charge on any atom is 0.329 e. The standard InChI is InChI=1S/C26H29FN4O4/c1-29-12-10-26(11-13-29,14-17-6-2-4-8-19(17)27)24(34)30-15-21(22(32)16-30)31-20-9-5-3-7-18(20)23(33)28-25(31)35/h2-9,21-22,32H,10-16H2,1H3,(H,28,33,35)/t21-,22-/m0/s1. The van der Waals surface area contributed by atoms with Crippen molar-refractivity contribution in [1.82, 2.24) is 19.4 Å². The number of fused-ring (bicyclic) bond motifs is 1. The van der Waals surface area contributed by atoms with Crippen LogP contribution in [0, 0.1) is 11.2 Å². The maximum absolute atomic E-state index is 14.6. The zero-order valence-corrected chi connectivity index (χ0v) is 19.6. The summed E-state index contributed by atoms with van der Waals surface area (Å²) in [5.74, 6) is -0.457. The number of aromatic nitrogens is 2. The summed E-state index contributed by atoms with van der Waals surface area (Å²) in [7, 11) is 2.00. The quantitative estimate of drug-likeness (QED) is 0.590. The van der Waals surface area contributed by atoms with Gasteiger partial charge < -0.3 is 14.9 Å². The van der Waals surface area contributed by atoms with E-state index in [1.165, 1.54) is 10.6 Å². The number of carbonyl (C=O) groups is 1. The lowest BCUT2D eigenvalue weighted by atomic mass is 9.72. The van der Waals surface area contributed by atoms with Gasteiger partial charge >= 0.3 is 5.69 Å². The molecule has 1 amide bonds. The highest BCUT2D eigenvalue weighted by molar-refractivity contribution is 5.84. The van der Waals surface area contributed by atoms with Gasteiger partial charge in [-0.05, 0) is 63.2 Å². The van der Waals surface area contributed by atoms with E-state index in [4.69, 9.17) is 0 Å². The Labute approximate surface area is 201 Å². The molecule has 5 rings (SSSR count). The van der Waals surface area contributed by atoms with Gasteiger partial charge in [0.2, 0.25) is 5.91 Å². The van der Waals surface area contributed by atoms with Gasteiger partial charge in [0.1, 0.15) is 5.82 Å². The van der Waals surface area contributed by atoms with Crippen molar-refractivity contribution in [1.29, 1.82) is 0 Å². The molecule has 2 saturated heterocycles. The normalized spacial score (nSPS) is 22.5. The predicted octanol–water partition coefficient (Wildman–Crippen LogP) is 1.53. The molecule has 2 aromatic carbocycles. The molecule has 2 aliphatic rings. The average Bonchev–Trinajstić information content (AvgIpc) is 3.22. The number of β-amino-alcohol motifs (C(OH)–C–C–N with tert-alkyl or cyclic N) is 1. The van der Waals surface area contributed by atoms with Crippen molar-refractivity contribution in [3.8, 4) is 0 Å². The van der Waals surface area contributed by atoms with E-state index in [0.29, 0.717) is 42.4 Å². The molecule has 0 bridgehead atoms. The monoisotopic (exact) mass is 480 g/mol. The Kier molecular flexibility index (Phi) is 6.06. The Morgan fingerprint density at radius 3 is 2.51 bits per heavy atom. The van der Waals surface area contributed by atoms with Crippen molar-refractivity contribution in [2.24, 2.45) is 5.41 Å². The topological polar surface area (TPSA) is 98.6 Å². The number of piperidine rings is 1. The van der Waals surface area contributed by atoms with Crippen LogP contribution in [0.4, 0.5) is 4.39 Å². The van der Waals surface area contributed by atoms with Crippen LogP contribution in [0.5, 0.6) is 0 Å². The lowest BCUT2D eigenvalue weighted by Gasteiger charge is -2.41. The van der Waals surface area contributed by atoms with Crippen molar-refractivity contribution in [2.75, 3.05) is 33.2 Å². The first-order valence-electron chi connectivity index (χ1n) is 11.9. The smallest absolute Gasteiger partial charge is 0.329 e. The van der Waals surface area contributed by atoms with E-state index in [9.17, 15) is 23.9 Å². The van der Waals surface area contributed by atoms with Crippen LogP contribution in [0.1, 0.15) is 24.4 Å². The molecule has 3 heterocycles. The molecule has 1 aromatic heterocycles. The Morgan fingerprint density at radius 2 is 1.77 bits per heavy atom. The number of amides is 1. The van der Waals surface area contributed by atoms with Crippen molar-refractivity contribution in [2.45, 2.75) is 31.4 Å². The number of nitrogens with one attached hydrogen (secondary N) is 1. The van der Waals surface area contributed by atoms with Gasteiger partial charge in [0.05, 0.1) is 28.5 Å². The second kappa shape index (κ2) is 9.05. The predicted molar refractivity (Wildman–Crippen MR) is 130 cm³/mol. The van der Waals surface area contributed by atoms with Crippen molar-refractivity contribution in [3.63, 3.8) is 0 Å². The van der Waals surface area contributed by atoms with Crippen LogP contribution < -0.4 is 11.2 Å². The van der Waals surface area contributed by atoms with Gasteiger partial charge in [-0.1, -0.05) is 30.3 Å². The van der Waals surface area contributed by atoms with Crippen molar-refractivity contribution < 1.29 is 14.3 Å². The Morgan fingerprint density at radius 1 is 1.09 bits per heavy atom. The number of para-hydroxylation sites is 1. The van der Waals surface area contributed by atoms with Crippen LogP contribution in [-0.2, 0) is 11.2 Å². The summed E-state index contributed by atoms with van der Waals surface area (Å²) in [6.45, 7) is 1.62. The molecule has 2 aliphatic heterocycles. The van der Waals surface area contributed by atoms with Crippen LogP contribution in [-0.4, -0.2) is 69.7 Å². The van der Waals surface area contributed by atoms with Crippen LogP contribution in [0.2, 0.25) is 0 Å². The number of aliphatic hydroxyl groups is 1. The summed E-state index contributed by atoms with van der Waals surface area (Å²) >= 11 is 0. The fourth-order valence-electron chi connectivity index (χ4n) is 5.58. The number of H-pyrrole nitrogens is 1. The minimum atomic E-state index is -0.984. The third-order valence-electron chi connectivity index (χ3n) is 7.61. The van der Waals surface area contributed by atoms with E-state index in [1.807, 2.05) is 7.05 Å². The van der Waals surface area contributed by atoms with Gasteiger partial charge in [0.15, 0.2) is 0 Å². The summed E-state index contributed by atoms with van der Waals surface area (Å²) in [6, 6.07) is 12.6. The second-order valence-corrected chi connectivity index (χ2v) is 9.84. The molecule has 35 heavy (non-hydrogen) atoms. The molecule has 2 N–H and O–H groups in total. The third-order valence-corrected chi connectivity index (χ3v) is 7.61. The number of carbonyl (C=O) groups excluding carboxylic acids is 1. The first-order chi connectivity index (χ1) is 16.8. The highest BCUT2D eigenvalue weighted by Gasteiger charge is 2.47. The van der Waals surface area contributed by atoms with Crippen LogP contribution >= 0.6 is 0 Å². The molecule has 2 atom stereocenters. The number of aliphatic hydroxyl groups excluding tert-OH is 1. The first kappa shape index (κ1) is 23.4. The second-order valence-electron chi connectivity index (χ2n) is 9.84. The molecular weight excluding hydrogens is 451 g/mol. The Balaban J connectivity index is 1.48. The van der Waals surface area contributed by atoms with E-state index in [2.05, 4.69) is 9.88 Å². The molecule has 3 aromatic rings. The summed E-state index contributed by atoms with van der Waals surface area (Å²) in [6.07, 6.45) is 0.457. The lowest BCUT2D eigenvalue weighted by molar-refractivity contribution is -0.144. The minimum absolute atomic E-state index is 0.0677. The molecule has 184 valence electrons. The Hall–Kier alpha value is -3.30. The minimum Gasteiger partial charge on any atom is -0.389 e. The van der Waals surface area contributed by atoms with Crippen molar-refractivity contribution >= 4 is 16.8 Å². The molecule has 0 aliphatic carbocycles. The summed E-state index contributed by atoms with van der Waals surface area (Å²) in [5.41, 5.74) is -0.976. The van der Waals surface area contributed by atoms with Crippen LogP contribution in [0.15, 0.2) is 58.1 Å². The van der Waals surface area contributed by atoms with E-state index < -0.39 is 28.8 Å². The number of hydrogen-bond acceptors (Lipinski definition) is 5. The van der Waals surface area contributed by atoms with E-state index in [1.54, 1.807) is 47.4 Å². The van der Waals surface area contributed by atoms with E-state index in [-0.39, 0.29) is 31.2 Å². The molecule has 8 nitrogen and oxygen atoms in total. The fourth-order valence-corrected chi connectivity index (χ4v) is 5.58. The number of nitrogens with zero attached hydrogens (tertiary/aromatic N) is 3. The number of rotatable bonds is 4. The molecule has 9 heteroatoms. The van der Waals surface area contributed by atoms with Gasteiger partial charge in [-0.3, -0.25) is 19.1 Å². The van der Waals surface area contributed by atoms with Gasteiger partial charge in [0.25, 0.3) is 5.56 Å². The molecular formula is C26H29FN4O4. The highest BCUT2D eigenvalue weighted by Crippen LogP contribution is 2.39. The van der Waals surface area contributed by atoms with Gasteiger partial charge in [-0.15, -0.1) is 0 Å². The van der Waals surface area contributed by atoms with Gasteiger partial charge in [-0.2, -0.15) is 0 Å². The fraction of sp³-hybridized carbons (Fsp3) is 0.423. The van der Waals surface area contributed by atoms with E-state index in [0.717, 1.165) is 0 Å². The molecule has 2 fully saturated rings. The number of benzene rings is 2. The number of hydrogen-bond donors (Lipinski definition) is 2. The Bertz CT molecular complexity index is 1380. The number of likely N-dealkylation sites (tertiary alicyclic amines) is 2. The molecule has 0 radical (unpaired) electrons. The summed E-state index contributed by atoms with van der Waals surface area (Å²) < 4.78 is 15.9.